The second kappa shape index (κ2) is 18.4. The molecule has 6 heterocycles. The van der Waals surface area contributed by atoms with Crippen molar-refractivity contribution in [3.8, 4) is 22.8 Å². The number of aliphatic hydroxyl groups is 2. The SMILES string of the molecule is CC(C)NC(=O)c1c[nH]c2ncc(-c3nn(C)c4ccc(C(C)O)cc34)nc12.CC(C)NC(=O)c1cn(COCC[Si](C)(C)C)c2ncc(-c3nn(C)c4ccc(C(C)O)cc34)nc12. The Morgan fingerprint density at radius 2 is 1.27 bits per heavy atom. The summed E-state index contributed by atoms with van der Waals surface area (Å²) in [7, 11) is 2.52. The summed E-state index contributed by atoms with van der Waals surface area (Å²) in [6.45, 7) is 19.0. The van der Waals surface area contributed by atoms with E-state index in [2.05, 4.69) is 55.4 Å². The molecule has 0 aliphatic rings. The Morgan fingerprint density at radius 3 is 1.78 bits per heavy atom. The van der Waals surface area contributed by atoms with Crippen LogP contribution in [0.15, 0.2) is 61.2 Å². The predicted molar refractivity (Wildman–Crippen MR) is 251 cm³/mol. The number of nitrogens with zero attached hydrogens (tertiary/aromatic N) is 9. The van der Waals surface area contributed by atoms with Crippen molar-refractivity contribution in [3.05, 3.63) is 83.4 Å². The van der Waals surface area contributed by atoms with Crippen molar-refractivity contribution in [2.24, 2.45) is 14.1 Å². The molecule has 18 heteroatoms. The smallest absolute Gasteiger partial charge is 0.255 e. The molecule has 0 aliphatic carbocycles. The number of aromatic nitrogens is 10. The highest BCUT2D eigenvalue weighted by atomic mass is 28.3. The molecular weight excluding hydrogens is 829 g/mol. The van der Waals surface area contributed by atoms with E-state index in [0.29, 0.717) is 69.6 Å². The van der Waals surface area contributed by atoms with Gasteiger partial charge in [0.2, 0.25) is 0 Å². The number of carbonyl (C=O) groups is 2. The van der Waals surface area contributed by atoms with Gasteiger partial charge < -0.3 is 35.1 Å². The fourth-order valence-electron chi connectivity index (χ4n) is 7.29. The Hall–Kier alpha value is -6.34. The standard InChI is InChI=1S/C26H36N6O3Si.C20H22N6O2/c1-16(2)28-26(34)20-14-32(15-35-10-11-36(5,6)7)25-24(20)29-21(13-27-25)23-19-12-18(17(3)33)8-9-22(19)31(4)30-23;1-10(2)23-20(28)14-8-21-19-18(14)24-15(9-22-19)17-13-7-12(11(3)27)5-6-16(13)26(4)25-17/h8-9,12-14,16-17,33H,10-11,15H2,1-7H3,(H,28,34);5-11,27H,1-4H3,(H,21,22)(H,23,28). The Balaban J connectivity index is 0.000000197. The van der Waals surface area contributed by atoms with Gasteiger partial charge in [0.15, 0.2) is 11.3 Å². The Morgan fingerprint density at radius 1 is 0.750 bits per heavy atom. The van der Waals surface area contributed by atoms with Crippen molar-refractivity contribution in [1.29, 1.82) is 0 Å². The molecule has 0 saturated heterocycles. The number of benzene rings is 2. The van der Waals surface area contributed by atoms with Crippen LogP contribution in [0.5, 0.6) is 0 Å². The van der Waals surface area contributed by atoms with Crippen molar-refractivity contribution >= 4 is 64.0 Å². The third-order valence-electron chi connectivity index (χ3n) is 10.7. The number of aryl methyl sites for hydroxylation is 2. The summed E-state index contributed by atoms with van der Waals surface area (Å²) in [6.07, 6.45) is 5.53. The Kier molecular flexibility index (Phi) is 13.1. The molecule has 0 bridgehead atoms. The number of hydrogen-bond acceptors (Lipinski definition) is 11. The quantitative estimate of drug-likeness (QED) is 0.0577. The first kappa shape index (κ1) is 45.7. The van der Waals surface area contributed by atoms with Crippen molar-refractivity contribution in [2.75, 3.05) is 6.61 Å². The van der Waals surface area contributed by atoms with E-state index in [9.17, 15) is 19.8 Å². The molecule has 8 rings (SSSR count). The largest absolute Gasteiger partial charge is 0.389 e. The van der Waals surface area contributed by atoms with Gasteiger partial charge in [-0.1, -0.05) is 31.8 Å². The van der Waals surface area contributed by atoms with Crippen LogP contribution in [0, 0.1) is 0 Å². The van der Waals surface area contributed by atoms with Crippen LogP contribution < -0.4 is 10.6 Å². The summed E-state index contributed by atoms with van der Waals surface area (Å²) >= 11 is 0. The summed E-state index contributed by atoms with van der Waals surface area (Å²) in [5.41, 5.74) is 8.92. The normalized spacial score (nSPS) is 13.0. The summed E-state index contributed by atoms with van der Waals surface area (Å²) in [6, 6.07) is 12.6. The second-order valence-corrected chi connectivity index (χ2v) is 23.7. The number of hydrogen-bond donors (Lipinski definition) is 5. The molecule has 0 radical (unpaired) electrons. The molecule has 2 aromatic carbocycles. The number of aromatic amines is 1. The van der Waals surface area contributed by atoms with Gasteiger partial charge in [0.1, 0.15) is 40.5 Å². The first-order chi connectivity index (χ1) is 30.3. The molecule has 336 valence electrons. The fraction of sp³-hybridized carbons (Fsp3) is 0.391. The van der Waals surface area contributed by atoms with E-state index in [1.807, 2.05) is 82.8 Å². The molecule has 6 aromatic heterocycles. The van der Waals surface area contributed by atoms with Gasteiger partial charge in [0.05, 0.1) is 46.8 Å². The minimum atomic E-state index is -1.21. The maximum atomic E-state index is 13.1. The van der Waals surface area contributed by atoms with Gasteiger partial charge in [0, 0.05) is 64.0 Å². The highest BCUT2D eigenvalue weighted by molar-refractivity contribution is 6.76. The predicted octanol–water partition coefficient (Wildman–Crippen LogP) is 7.19. The molecule has 0 fully saturated rings. The molecule has 2 unspecified atom stereocenters. The van der Waals surface area contributed by atoms with Crippen LogP contribution in [0.3, 0.4) is 0 Å². The van der Waals surface area contributed by atoms with Gasteiger partial charge in [0.25, 0.3) is 11.8 Å². The Labute approximate surface area is 372 Å². The van der Waals surface area contributed by atoms with E-state index in [0.717, 1.165) is 39.0 Å². The molecule has 2 atom stereocenters. The molecule has 17 nitrogen and oxygen atoms in total. The summed E-state index contributed by atoms with van der Waals surface area (Å²) in [5, 5.41) is 36.9. The van der Waals surface area contributed by atoms with Crippen molar-refractivity contribution in [3.63, 3.8) is 0 Å². The van der Waals surface area contributed by atoms with Gasteiger partial charge in [-0.25, -0.2) is 19.9 Å². The van der Waals surface area contributed by atoms with Crippen molar-refractivity contribution in [2.45, 2.75) is 98.2 Å². The number of rotatable bonds is 13. The lowest BCUT2D eigenvalue weighted by molar-refractivity contribution is 0.0890. The average Bonchev–Trinajstić information content (AvgIpc) is 4.00. The van der Waals surface area contributed by atoms with E-state index >= 15 is 0 Å². The highest BCUT2D eigenvalue weighted by Crippen LogP contribution is 2.32. The summed E-state index contributed by atoms with van der Waals surface area (Å²) < 4.78 is 11.3. The van der Waals surface area contributed by atoms with Crippen LogP contribution in [0.1, 0.15) is 85.6 Å². The lowest BCUT2D eigenvalue weighted by atomic mass is 10.1. The van der Waals surface area contributed by atoms with Crippen LogP contribution in [0.4, 0.5) is 0 Å². The molecule has 5 N–H and O–H groups in total. The van der Waals surface area contributed by atoms with Crippen molar-refractivity contribution in [1.82, 2.24) is 59.7 Å². The molecule has 2 amide bonds. The fourth-order valence-corrected chi connectivity index (χ4v) is 8.05. The van der Waals surface area contributed by atoms with Gasteiger partial charge in [-0.15, -0.1) is 0 Å². The lowest BCUT2D eigenvalue weighted by Crippen LogP contribution is -2.30. The number of ether oxygens (including phenoxy) is 1. The average molecular weight is 887 g/mol. The van der Waals surface area contributed by atoms with E-state index in [1.54, 1.807) is 48.0 Å². The number of carbonyl (C=O) groups excluding carboxylic acids is 2. The zero-order chi connectivity index (χ0) is 46.2. The van der Waals surface area contributed by atoms with Crippen LogP contribution >= 0.6 is 0 Å². The third-order valence-corrected chi connectivity index (χ3v) is 12.4. The second-order valence-electron chi connectivity index (χ2n) is 18.0. The number of nitrogens with one attached hydrogen (secondary N) is 3. The maximum absolute atomic E-state index is 13.1. The van der Waals surface area contributed by atoms with Gasteiger partial charge >= 0.3 is 0 Å². The summed E-state index contributed by atoms with van der Waals surface area (Å²) in [5.74, 6) is -0.403. The highest BCUT2D eigenvalue weighted by Gasteiger charge is 2.23. The first-order valence-electron chi connectivity index (χ1n) is 21.5. The lowest BCUT2D eigenvalue weighted by Gasteiger charge is -2.15. The van der Waals surface area contributed by atoms with Crippen LogP contribution in [-0.2, 0) is 25.6 Å². The number of fused-ring (bicyclic) bond motifs is 4. The minimum Gasteiger partial charge on any atom is -0.389 e. The molecular formula is C46H58N12O5Si. The molecule has 64 heavy (non-hydrogen) atoms. The minimum absolute atomic E-state index is 0.0151. The van der Waals surface area contributed by atoms with E-state index in [1.165, 1.54) is 0 Å². The van der Waals surface area contributed by atoms with Gasteiger partial charge in [-0.05, 0) is 83.0 Å². The number of amides is 2. The number of H-pyrrole nitrogens is 1. The molecule has 0 saturated carbocycles. The third kappa shape index (κ3) is 9.74. The van der Waals surface area contributed by atoms with Crippen LogP contribution in [0.25, 0.3) is 66.9 Å². The van der Waals surface area contributed by atoms with Crippen molar-refractivity contribution < 1.29 is 24.5 Å². The topological polar surface area (TPSA) is 216 Å². The van der Waals surface area contributed by atoms with Gasteiger partial charge in [-0.2, -0.15) is 10.2 Å². The van der Waals surface area contributed by atoms with Crippen LogP contribution in [0.2, 0.25) is 25.7 Å². The Bertz CT molecular complexity index is 2990. The first-order valence-corrected chi connectivity index (χ1v) is 25.2. The molecule has 0 aliphatic heterocycles. The van der Waals surface area contributed by atoms with E-state index in [-0.39, 0.29) is 23.9 Å². The zero-order valence-corrected chi connectivity index (χ0v) is 39.3. The summed E-state index contributed by atoms with van der Waals surface area (Å²) in [4.78, 5) is 47.2. The van der Waals surface area contributed by atoms with E-state index < -0.39 is 20.3 Å². The molecule has 0 spiro atoms. The van der Waals surface area contributed by atoms with Gasteiger partial charge in [-0.3, -0.25) is 19.0 Å². The molecule has 8 aromatic rings. The zero-order valence-electron chi connectivity index (χ0n) is 38.3. The number of aliphatic hydroxyl groups excluding tert-OH is 2. The van der Waals surface area contributed by atoms with E-state index in [4.69, 9.17) is 14.7 Å². The monoisotopic (exact) mass is 886 g/mol. The maximum Gasteiger partial charge on any atom is 0.255 e. The van der Waals surface area contributed by atoms with Crippen LogP contribution in [-0.4, -0.2) is 97.8 Å².